The molecule has 2 N–H and O–H groups in total. The third kappa shape index (κ3) is 6.02. The summed E-state index contributed by atoms with van der Waals surface area (Å²) in [6.07, 6.45) is 3.63. The number of nitrogens with one attached hydrogen (secondary N) is 1. The molecule has 1 aliphatic heterocycles. The van der Waals surface area contributed by atoms with E-state index >= 15 is 0 Å². The number of aliphatic hydroxyl groups excluding tert-OH is 1. The second kappa shape index (κ2) is 10.5. The molecule has 2 unspecified atom stereocenters. The van der Waals surface area contributed by atoms with Crippen molar-refractivity contribution in [2.24, 2.45) is 0 Å². The number of benzene rings is 1. The van der Waals surface area contributed by atoms with E-state index in [2.05, 4.69) is 10.5 Å². The van der Waals surface area contributed by atoms with Gasteiger partial charge in [0.1, 0.15) is 17.3 Å². The van der Waals surface area contributed by atoms with Crippen molar-refractivity contribution in [3.05, 3.63) is 41.9 Å². The van der Waals surface area contributed by atoms with Gasteiger partial charge in [-0.25, -0.2) is 4.39 Å². The van der Waals surface area contributed by atoms with Crippen molar-refractivity contribution in [2.45, 2.75) is 44.2 Å². The number of likely N-dealkylation sites (N-methyl/N-ethyl adjacent to an activating group) is 1. The minimum atomic E-state index is -0.425. The highest BCUT2D eigenvalue weighted by molar-refractivity contribution is 5.85. The Labute approximate surface area is 170 Å². The van der Waals surface area contributed by atoms with E-state index in [-0.39, 0.29) is 30.2 Å². The molecule has 0 saturated carbocycles. The number of aliphatic hydroxyl groups is 1. The zero-order chi connectivity index (χ0) is 19.2. The summed E-state index contributed by atoms with van der Waals surface area (Å²) in [4.78, 5) is 14.0. The van der Waals surface area contributed by atoms with Gasteiger partial charge in [-0.3, -0.25) is 4.79 Å². The van der Waals surface area contributed by atoms with Crippen LogP contribution in [0.2, 0.25) is 0 Å². The van der Waals surface area contributed by atoms with Gasteiger partial charge >= 0.3 is 0 Å². The highest BCUT2D eigenvalue weighted by Crippen LogP contribution is 2.21. The Kier molecular flexibility index (Phi) is 8.41. The lowest BCUT2D eigenvalue weighted by Gasteiger charge is -2.21. The fourth-order valence-electron chi connectivity index (χ4n) is 3.32. The molecule has 1 aromatic carbocycles. The van der Waals surface area contributed by atoms with Gasteiger partial charge in [0.25, 0.3) is 0 Å². The van der Waals surface area contributed by atoms with Crippen LogP contribution in [0, 0.1) is 5.82 Å². The molecule has 3 rings (SSSR count). The van der Waals surface area contributed by atoms with Crippen LogP contribution in [0.15, 0.2) is 34.9 Å². The molecule has 8 heteroatoms. The van der Waals surface area contributed by atoms with Crippen LogP contribution in [0.4, 0.5) is 4.39 Å². The van der Waals surface area contributed by atoms with E-state index in [9.17, 15) is 14.3 Å². The first kappa shape index (κ1) is 22.3. The second-order valence-electron chi connectivity index (χ2n) is 7.11. The summed E-state index contributed by atoms with van der Waals surface area (Å²) < 4.78 is 18.6. The van der Waals surface area contributed by atoms with E-state index in [1.54, 1.807) is 24.1 Å². The van der Waals surface area contributed by atoms with Crippen LogP contribution in [-0.4, -0.2) is 53.4 Å². The molecule has 1 fully saturated rings. The number of carbonyl (C=O) groups is 1. The SMILES string of the molecule is CN(CCCCCc1cc(-c2cccc(F)c2)no1)C(=O)C1CC(O)CN1.Cl. The summed E-state index contributed by atoms with van der Waals surface area (Å²) in [5, 5.41) is 16.6. The number of rotatable bonds is 8. The Morgan fingerprint density at radius 2 is 2.18 bits per heavy atom. The molecule has 1 aliphatic rings. The fraction of sp³-hybridized carbons (Fsp3) is 0.500. The molecule has 0 bridgehead atoms. The van der Waals surface area contributed by atoms with Gasteiger partial charge < -0.3 is 19.8 Å². The fourth-order valence-corrected chi connectivity index (χ4v) is 3.32. The van der Waals surface area contributed by atoms with Gasteiger partial charge in [0.2, 0.25) is 5.91 Å². The molecule has 2 atom stereocenters. The standard InChI is InChI=1S/C20H26FN3O3.ClH/c1-24(20(26)19-11-16(25)13-22-19)9-4-2-3-8-17-12-18(23-27-17)14-6-5-7-15(21)10-14;/h5-7,10,12,16,19,22,25H,2-4,8-9,11,13H2,1H3;1H. The number of aryl methyl sites for hydroxylation is 1. The maximum absolute atomic E-state index is 13.3. The number of carbonyl (C=O) groups excluding carboxylic acids is 1. The Morgan fingerprint density at radius 1 is 1.36 bits per heavy atom. The molecule has 2 aromatic rings. The van der Waals surface area contributed by atoms with Gasteiger partial charge in [-0.2, -0.15) is 0 Å². The summed E-state index contributed by atoms with van der Waals surface area (Å²) >= 11 is 0. The minimum Gasteiger partial charge on any atom is -0.392 e. The first-order valence-electron chi connectivity index (χ1n) is 9.41. The average Bonchev–Trinajstić information content (AvgIpc) is 3.30. The van der Waals surface area contributed by atoms with Gasteiger partial charge in [-0.1, -0.05) is 23.7 Å². The van der Waals surface area contributed by atoms with E-state index in [4.69, 9.17) is 4.52 Å². The molecular formula is C20H27ClFN3O3. The predicted octanol–water partition coefficient (Wildman–Crippen LogP) is 2.80. The molecule has 154 valence electrons. The molecule has 28 heavy (non-hydrogen) atoms. The lowest BCUT2D eigenvalue weighted by Crippen LogP contribution is -2.41. The van der Waals surface area contributed by atoms with Crippen molar-refractivity contribution < 1.29 is 18.8 Å². The first-order valence-corrected chi connectivity index (χ1v) is 9.41. The molecule has 6 nitrogen and oxygen atoms in total. The quantitative estimate of drug-likeness (QED) is 0.653. The van der Waals surface area contributed by atoms with Crippen molar-refractivity contribution in [1.29, 1.82) is 0 Å². The maximum atomic E-state index is 13.3. The van der Waals surface area contributed by atoms with Crippen LogP contribution in [-0.2, 0) is 11.2 Å². The van der Waals surface area contributed by atoms with Gasteiger partial charge in [0, 0.05) is 38.2 Å². The van der Waals surface area contributed by atoms with Crippen LogP contribution >= 0.6 is 12.4 Å². The normalized spacial score (nSPS) is 18.7. The lowest BCUT2D eigenvalue weighted by atomic mass is 10.1. The molecule has 1 saturated heterocycles. The summed E-state index contributed by atoms with van der Waals surface area (Å²) in [6.45, 7) is 1.18. The van der Waals surface area contributed by atoms with Gasteiger partial charge in [-0.05, 0) is 31.4 Å². The van der Waals surface area contributed by atoms with Crippen molar-refractivity contribution >= 4 is 18.3 Å². The Morgan fingerprint density at radius 3 is 2.89 bits per heavy atom. The second-order valence-corrected chi connectivity index (χ2v) is 7.11. The van der Waals surface area contributed by atoms with Crippen LogP contribution in [0.3, 0.4) is 0 Å². The van der Waals surface area contributed by atoms with Crippen molar-refractivity contribution in [3.8, 4) is 11.3 Å². The molecular weight excluding hydrogens is 385 g/mol. The van der Waals surface area contributed by atoms with Crippen molar-refractivity contribution in [2.75, 3.05) is 20.1 Å². The third-order valence-electron chi connectivity index (χ3n) is 4.88. The van der Waals surface area contributed by atoms with Gasteiger partial charge in [-0.15, -0.1) is 12.4 Å². The average molecular weight is 412 g/mol. The van der Waals surface area contributed by atoms with E-state index in [0.29, 0.717) is 30.8 Å². The first-order chi connectivity index (χ1) is 13.0. The number of hydrogen-bond acceptors (Lipinski definition) is 5. The van der Waals surface area contributed by atoms with Crippen LogP contribution in [0.25, 0.3) is 11.3 Å². The lowest BCUT2D eigenvalue weighted by molar-refractivity contribution is -0.132. The summed E-state index contributed by atoms with van der Waals surface area (Å²) in [5.41, 5.74) is 1.34. The number of unbranched alkanes of at least 4 members (excludes halogenated alkanes) is 2. The summed E-state index contributed by atoms with van der Waals surface area (Å²) in [7, 11) is 1.80. The zero-order valence-corrected chi connectivity index (χ0v) is 16.8. The monoisotopic (exact) mass is 411 g/mol. The largest absolute Gasteiger partial charge is 0.392 e. The molecule has 1 amide bonds. The third-order valence-corrected chi connectivity index (χ3v) is 4.88. The van der Waals surface area contributed by atoms with Crippen molar-refractivity contribution in [1.82, 2.24) is 15.4 Å². The van der Waals surface area contributed by atoms with E-state index < -0.39 is 6.10 Å². The Bertz CT molecular complexity index is 771. The van der Waals surface area contributed by atoms with Gasteiger partial charge in [0.15, 0.2) is 0 Å². The smallest absolute Gasteiger partial charge is 0.239 e. The van der Waals surface area contributed by atoms with Gasteiger partial charge in [0.05, 0.1) is 12.1 Å². The molecule has 0 spiro atoms. The maximum Gasteiger partial charge on any atom is 0.239 e. The van der Waals surface area contributed by atoms with E-state index in [1.807, 2.05) is 6.07 Å². The Balaban J connectivity index is 0.00000280. The van der Waals surface area contributed by atoms with Crippen molar-refractivity contribution in [3.63, 3.8) is 0 Å². The molecule has 2 heterocycles. The van der Waals surface area contributed by atoms with Crippen LogP contribution < -0.4 is 5.32 Å². The van der Waals surface area contributed by atoms with Crippen LogP contribution in [0.5, 0.6) is 0 Å². The highest BCUT2D eigenvalue weighted by atomic mass is 35.5. The number of amides is 1. The number of β-amino-alcohol motifs (C(OH)–C–C–N with tert-alkyl or cyclic N) is 1. The topological polar surface area (TPSA) is 78.6 Å². The number of halogens is 2. The number of aromatic nitrogens is 1. The van der Waals surface area contributed by atoms with Crippen LogP contribution in [0.1, 0.15) is 31.4 Å². The highest BCUT2D eigenvalue weighted by Gasteiger charge is 2.29. The molecule has 1 aromatic heterocycles. The Hall–Kier alpha value is -1.96. The number of hydrogen-bond donors (Lipinski definition) is 2. The zero-order valence-electron chi connectivity index (χ0n) is 15.9. The molecule has 0 aliphatic carbocycles. The summed E-state index contributed by atoms with van der Waals surface area (Å²) in [6, 6.07) is 7.88. The predicted molar refractivity (Wildman–Crippen MR) is 107 cm³/mol. The molecule has 0 radical (unpaired) electrons. The van der Waals surface area contributed by atoms with E-state index in [0.717, 1.165) is 31.4 Å². The summed E-state index contributed by atoms with van der Waals surface area (Å²) in [5.74, 6) is 0.530. The van der Waals surface area contributed by atoms with E-state index in [1.165, 1.54) is 12.1 Å². The minimum absolute atomic E-state index is 0. The number of nitrogens with zero attached hydrogens (tertiary/aromatic N) is 2.